The first-order valence-corrected chi connectivity index (χ1v) is 7.27. The standard InChI is InChI=1S/C14H9BrCl2O4/c15-8-1-4-10(5-2-8)20-14(13(18)19)21-12-6-3-9(16)7-11(12)17/h1-7,14H,(H,18,19). The number of aliphatic carboxylic acids is 1. The monoisotopic (exact) mass is 390 g/mol. The molecule has 0 bridgehead atoms. The van der Waals surface area contributed by atoms with Crippen molar-refractivity contribution in [3.05, 3.63) is 57.0 Å². The van der Waals surface area contributed by atoms with Crippen LogP contribution < -0.4 is 9.47 Å². The number of carboxylic acids is 1. The second kappa shape index (κ2) is 7.02. The molecule has 2 aromatic carbocycles. The van der Waals surface area contributed by atoms with Gasteiger partial charge < -0.3 is 14.6 Å². The Bertz CT molecular complexity index is 646. The molecule has 1 N–H and O–H groups in total. The van der Waals surface area contributed by atoms with Gasteiger partial charge in [0, 0.05) is 9.50 Å². The summed E-state index contributed by atoms with van der Waals surface area (Å²) in [5.74, 6) is -0.745. The summed E-state index contributed by atoms with van der Waals surface area (Å²) in [6.07, 6.45) is -1.52. The van der Waals surface area contributed by atoms with E-state index in [1.165, 1.54) is 12.1 Å². The summed E-state index contributed by atoms with van der Waals surface area (Å²) < 4.78 is 11.4. The molecular formula is C14H9BrCl2O4. The molecule has 0 aliphatic heterocycles. The van der Waals surface area contributed by atoms with Crippen molar-refractivity contribution < 1.29 is 19.4 Å². The van der Waals surface area contributed by atoms with Crippen molar-refractivity contribution in [1.29, 1.82) is 0 Å². The average Bonchev–Trinajstić information content (AvgIpc) is 2.43. The largest absolute Gasteiger partial charge is 0.476 e. The maximum Gasteiger partial charge on any atom is 0.387 e. The quantitative estimate of drug-likeness (QED) is 0.755. The molecule has 0 aliphatic carbocycles. The van der Waals surface area contributed by atoms with Crippen molar-refractivity contribution in [2.75, 3.05) is 0 Å². The van der Waals surface area contributed by atoms with Crippen molar-refractivity contribution >= 4 is 45.1 Å². The van der Waals surface area contributed by atoms with Gasteiger partial charge in [-0.2, -0.15) is 0 Å². The van der Waals surface area contributed by atoms with Gasteiger partial charge in [0.15, 0.2) is 0 Å². The Morgan fingerprint density at radius 1 is 1.10 bits per heavy atom. The number of halogens is 3. The molecule has 4 nitrogen and oxygen atoms in total. The van der Waals surface area contributed by atoms with E-state index in [1.54, 1.807) is 30.3 Å². The lowest BCUT2D eigenvalue weighted by atomic mass is 10.3. The molecule has 0 fully saturated rings. The van der Waals surface area contributed by atoms with E-state index in [2.05, 4.69) is 15.9 Å². The molecule has 21 heavy (non-hydrogen) atoms. The summed E-state index contributed by atoms with van der Waals surface area (Å²) in [6.45, 7) is 0. The van der Waals surface area contributed by atoms with Gasteiger partial charge in [-0.25, -0.2) is 4.79 Å². The molecule has 0 radical (unpaired) electrons. The maximum absolute atomic E-state index is 11.2. The second-order valence-corrected chi connectivity index (χ2v) is 5.69. The van der Waals surface area contributed by atoms with Crippen LogP contribution in [0.25, 0.3) is 0 Å². The van der Waals surface area contributed by atoms with E-state index in [1.807, 2.05) is 0 Å². The Morgan fingerprint density at radius 2 is 1.76 bits per heavy atom. The van der Waals surface area contributed by atoms with Crippen LogP contribution in [0.3, 0.4) is 0 Å². The predicted molar refractivity (Wildman–Crippen MR) is 83.3 cm³/mol. The minimum absolute atomic E-state index is 0.172. The van der Waals surface area contributed by atoms with E-state index in [-0.39, 0.29) is 10.8 Å². The summed E-state index contributed by atoms with van der Waals surface area (Å²) in [7, 11) is 0. The molecule has 2 rings (SSSR count). The molecule has 1 atom stereocenters. The highest BCUT2D eigenvalue weighted by molar-refractivity contribution is 9.10. The summed E-state index contributed by atoms with van der Waals surface area (Å²) in [5, 5.41) is 9.79. The first-order valence-electron chi connectivity index (χ1n) is 5.72. The molecule has 2 aromatic rings. The van der Waals surface area contributed by atoms with E-state index in [9.17, 15) is 4.79 Å². The topological polar surface area (TPSA) is 55.8 Å². The summed E-state index contributed by atoms with van der Waals surface area (Å²) in [4.78, 5) is 11.2. The number of rotatable bonds is 5. The lowest BCUT2D eigenvalue weighted by Gasteiger charge is -2.17. The fraction of sp³-hybridized carbons (Fsp3) is 0.0714. The average molecular weight is 392 g/mol. The molecule has 7 heteroatoms. The molecular weight excluding hydrogens is 383 g/mol. The van der Waals surface area contributed by atoms with Crippen LogP contribution in [-0.4, -0.2) is 17.4 Å². The molecule has 0 amide bonds. The Balaban J connectivity index is 2.15. The van der Waals surface area contributed by atoms with Gasteiger partial charge in [0.05, 0.1) is 5.02 Å². The van der Waals surface area contributed by atoms with Crippen molar-refractivity contribution in [3.8, 4) is 11.5 Å². The van der Waals surface area contributed by atoms with Gasteiger partial charge in [-0.3, -0.25) is 0 Å². The zero-order valence-electron chi connectivity index (χ0n) is 10.4. The van der Waals surface area contributed by atoms with Crippen molar-refractivity contribution in [1.82, 2.24) is 0 Å². The third kappa shape index (κ3) is 4.52. The number of hydrogen-bond donors (Lipinski definition) is 1. The SMILES string of the molecule is O=C(O)C(Oc1ccc(Br)cc1)Oc1ccc(Cl)cc1Cl. The Morgan fingerprint density at radius 3 is 2.33 bits per heavy atom. The molecule has 0 aliphatic rings. The van der Waals surface area contributed by atoms with Crippen LogP contribution in [0.2, 0.25) is 10.0 Å². The van der Waals surface area contributed by atoms with E-state index < -0.39 is 12.3 Å². The maximum atomic E-state index is 11.2. The molecule has 0 spiro atoms. The highest BCUT2D eigenvalue weighted by Crippen LogP contribution is 2.29. The summed E-state index contributed by atoms with van der Waals surface area (Å²) >= 11 is 15.0. The molecule has 0 aromatic heterocycles. The minimum atomic E-state index is -1.52. The fourth-order valence-corrected chi connectivity index (χ4v) is 2.17. The van der Waals surface area contributed by atoms with Crippen LogP contribution >= 0.6 is 39.1 Å². The van der Waals surface area contributed by atoms with Gasteiger partial charge in [0.25, 0.3) is 0 Å². The normalized spacial score (nSPS) is 11.8. The van der Waals surface area contributed by atoms with Gasteiger partial charge in [-0.15, -0.1) is 0 Å². The number of carbonyl (C=O) groups is 1. The van der Waals surface area contributed by atoms with E-state index in [4.69, 9.17) is 37.8 Å². The third-order valence-electron chi connectivity index (χ3n) is 2.39. The highest BCUT2D eigenvalue weighted by Gasteiger charge is 2.22. The van der Waals surface area contributed by atoms with Gasteiger partial charge in [0.2, 0.25) is 0 Å². The Hall–Kier alpha value is -1.43. The number of hydrogen-bond acceptors (Lipinski definition) is 3. The van der Waals surface area contributed by atoms with E-state index >= 15 is 0 Å². The highest BCUT2D eigenvalue weighted by atomic mass is 79.9. The molecule has 110 valence electrons. The minimum Gasteiger partial charge on any atom is -0.476 e. The molecule has 0 heterocycles. The van der Waals surface area contributed by atoms with Gasteiger partial charge >= 0.3 is 12.3 Å². The Labute approximate surface area is 139 Å². The molecule has 0 saturated heterocycles. The van der Waals surface area contributed by atoms with Crippen LogP contribution in [0.4, 0.5) is 0 Å². The van der Waals surface area contributed by atoms with E-state index in [0.717, 1.165) is 4.47 Å². The smallest absolute Gasteiger partial charge is 0.387 e. The van der Waals surface area contributed by atoms with E-state index in [0.29, 0.717) is 10.8 Å². The lowest BCUT2D eigenvalue weighted by Crippen LogP contribution is -2.33. The zero-order chi connectivity index (χ0) is 15.4. The number of ether oxygens (including phenoxy) is 2. The third-order valence-corrected chi connectivity index (χ3v) is 3.45. The summed E-state index contributed by atoms with van der Waals surface area (Å²) in [6, 6.07) is 11.2. The van der Waals surface area contributed by atoms with Crippen LogP contribution in [0.15, 0.2) is 46.9 Å². The van der Waals surface area contributed by atoms with Crippen LogP contribution in [-0.2, 0) is 4.79 Å². The van der Waals surface area contributed by atoms with Crippen LogP contribution in [0.1, 0.15) is 0 Å². The van der Waals surface area contributed by atoms with Crippen molar-refractivity contribution in [2.24, 2.45) is 0 Å². The predicted octanol–water partition coefficient (Wildman–Crippen LogP) is 4.62. The van der Waals surface area contributed by atoms with Crippen molar-refractivity contribution in [3.63, 3.8) is 0 Å². The van der Waals surface area contributed by atoms with Gasteiger partial charge in [-0.1, -0.05) is 39.1 Å². The fourth-order valence-electron chi connectivity index (χ4n) is 1.45. The molecule has 1 unspecified atom stereocenters. The zero-order valence-corrected chi connectivity index (χ0v) is 13.5. The summed E-state index contributed by atoms with van der Waals surface area (Å²) in [5.41, 5.74) is 0. The van der Waals surface area contributed by atoms with Gasteiger partial charge in [-0.05, 0) is 42.5 Å². The number of benzene rings is 2. The first kappa shape index (κ1) is 15.9. The Kier molecular flexibility index (Phi) is 5.33. The second-order valence-electron chi connectivity index (χ2n) is 3.93. The first-order chi connectivity index (χ1) is 9.95. The van der Waals surface area contributed by atoms with Crippen molar-refractivity contribution in [2.45, 2.75) is 6.29 Å². The lowest BCUT2D eigenvalue weighted by molar-refractivity contribution is -0.158. The van der Waals surface area contributed by atoms with Crippen LogP contribution in [0.5, 0.6) is 11.5 Å². The van der Waals surface area contributed by atoms with Gasteiger partial charge in [0.1, 0.15) is 11.5 Å². The van der Waals surface area contributed by atoms with Crippen LogP contribution in [0, 0.1) is 0 Å². The number of carboxylic acid groups (broad SMARTS) is 1. The molecule has 0 saturated carbocycles.